The lowest BCUT2D eigenvalue weighted by molar-refractivity contribution is 0.235. The van der Waals surface area contributed by atoms with Crippen LogP contribution in [0.4, 0.5) is 0 Å². The van der Waals surface area contributed by atoms with Crippen LogP contribution in [-0.2, 0) is 0 Å². The highest BCUT2D eigenvalue weighted by Gasteiger charge is 2.20. The fourth-order valence-corrected chi connectivity index (χ4v) is 2.08. The van der Waals surface area contributed by atoms with Crippen molar-refractivity contribution in [3.8, 4) is 5.75 Å². The van der Waals surface area contributed by atoms with E-state index >= 15 is 0 Å². The molecule has 1 heterocycles. The third kappa shape index (κ3) is 4.54. The molecule has 1 unspecified atom stereocenters. The first-order valence-electron chi connectivity index (χ1n) is 5.96. The van der Waals surface area contributed by atoms with Crippen LogP contribution in [0.5, 0.6) is 5.75 Å². The van der Waals surface area contributed by atoms with E-state index in [1.165, 1.54) is 13.0 Å². The van der Waals surface area contributed by atoms with Crippen molar-refractivity contribution >= 4 is 12.4 Å². The quantitative estimate of drug-likeness (QED) is 0.869. The predicted octanol–water partition coefficient (Wildman–Crippen LogP) is 1.78. The Bertz CT molecular complexity index is 308. The molecule has 1 aromatic carbocycles. The first-order valence-corrected chi connectivity index (χ1v) is 5.96. The van der Waals surface area contributed by atoms with Gasteiger partial charge in [-0.15, -0.1) is 12.4 Å². The minimum Gasteiger partial charge on any atom is -0.492 e. The van der Waals surface area contributed by atoms with Gasteiger partial charge >= 0.3 is 0 Å². The number of hydrogen-bond acceptors (Lipinski definition) is 3. The standard InChI is InChI=1S/C13H20N2O.ClH/c1-14-12-7-8-15(11-12)9-10-16-13-5-3-2-4-6-13;/h2-6,12,14H,7-11H2,1H3;1H. The summed E-state index contributed by atoms with van der Waals surface area (Å²) in [5.74, 6) is 0.965. The van der Waals surface area contributed by atoms with Crippen molar-refractivity contribution < 1.29 is 4.74 Å². The number of ether oxygens (including phenoxy) is 1. The number of hydrogen-bond donors (Lipinski definition) is 1. The number of halogens is 1. The summed E-state index contributed by atoms with van der Waals surface area (Å²) in [4.78, 5) is 2.45. The Morgan fingerprint density at radius 2 is 2.12 bits per heavy atom. The van der Waals surface area contributed by atoms with Gasteiger partial charge in [-0.3, -0.25) is 4.90 Å². The van der Waals surface area contributed by atoms with Crippen LogP contribution in [0.25, 0.3) is 0 Å². The second-order valence-corrected chi connectivity index (χ2v) is 4.24. The molecule has 1 aliphatic heterocycles. The minimum absolute atomic E-state index is 0. The van der Waals surface area contributed by atoms with Crippen molar-refractivity contribution in [1.82, 2.24) is 10.2 Å². The summed E-state index contributed by atoms with van der Waals surface area (Å²) in [6.07, 6.45) is 1.25. The summed E-state index contributed by atoms with van der Waals surface area (Å²) in [6, 6.07) is 10.7. The Morgan fingerprint density at radius 1 is 1.35 bits per heavy atom. The molecule has 96 valence electrons. The smallest absolute Gasteiger partial charge is 0.119 e. The summed E-state index contributed by atoms with van der Waals surface area (Å²) in [5.41, 5.74) is 0. The van der Waals surface area contributed by atoms with Crippen LogP contribution in [0, 0.1) is 0 Å². The lowest BCUT2D eigenvalue weighted by Gasteiger charge is -2.16. The summed E-state index contributed by atoms with van der Waals surface area (Å²) >= 11 is 0. The van der Waals surface area contributed by atoms with E-state index in [4.69, 9.17) is 4.74 Å². The Balaban J connectivity index is 0.00000144. The first-order chi connectivity index (χ1) is 7.88. The third-order valence-corrected chi connectivity index (χ3v) is 3.10. The molecule has 0 bridgehead atoms. The van der Waals surface area contributed by atoms with Gasteiger partial charge in [-0.1, -0.05) is 18.2 Å². The van der Waals surface area contributed by atoms with Crippen LogP contribution < -0.4 is 10.1 Å². The Morgan fingerprint density at radius 3 is 2.76 bits per heavy atom. The molecule has 17 heavy (non-hydrogen) atoms. The Kier molecular flexibility index (Phi) is 6.34. The van der Waals surface area contributed by atoms with E-state index in [0.717, 1.165) is 25.4 Å². The van der Waals surface area contributed by atoms with Gasteiger partial charge in [-0.05, 0) is 32.1 Å². The number of benzene rings is 1. The minimum atomic E-state index is 0. The van der Waals surface area contributed by atoms with E-state index in [1.54, 1.807) is 0 Å². The molecule has 0 saturated carbocycles. The maximum atomic E-state index is 5.67. The highest BCUT2D eigenvalue weighted by molar-refractivity contribution is 5.85. The third-order valence-electron chi connectivity index (χ3n) is 3.10. The number of likely N-dealkylation sites (tertiary alicyclic amines) is 1. The van der Waals surface area contributed by atoms with Crippen molar-refractivity contribution in [1.29, 1.82) is 0 Å². The molecule has 0 spiro atoms. The summed E-state index contributed by atoms with van der Waals surface area (Å²) < 4.78 is 5.67. The van der Waals surface area contributed by atoms with Gasteiger partial charge in [0, 0.05) is 19.1 Å². The van der Waals surface area contributed by atoms with E-state index in [1.807, 2.05) is 37.4 Å². The van der Waals surface area contributed by atoms with E-state index < -0.39 is 0 Å². The molecule has 0 aliphatic carbocycles. The van der Waals surface area contributed by atoms with E-state index in [2.05, 4.69) is 10.2 Å². The Labute approximate surface area is 110 Å². The van der Waals surface area contributed by atoms with Gasteiger partial charge in [0.1, 0.15) is 12.4 Å². The molecular weight excluding hydrogens is 236 g/mol. The highest BCUT2D eigenvalue weighted by atomic mass is 35.5. The highest BCUT2D eigenvalue weighted by Crippen LogP contribution is 2.10. The SMILES string of the molecule is CNC1CCN(CCOc2ccccc2)C1.Cl. The average Bonchev–Trinajstić information content (AvgIpc) is 2.78. The van der Waals surface area contributed by atoms with Crippen LogP contribution in [0.15, 0.2) is 30.3 Å². The molecule has 1 aromatic rings. The predicted molar refractivity (Wildman–Crippen MR) is 73.1 cm³/mol. The zero-order valence-electron chi connectivity index (χ0n) is 10.3. The zero-order chi connectivity index (χ0) is 11.2. The maximum absolute atomic E-state index is 5.67. The summed E-state index contributed by atoms with van der Waals surface area (Å²) in [5, 5.41) is 3.32. The van der Waals surface area contributed by atoms with Crippen LogP contribution >= 0.6 is 12.4 Å². The lowest BCUT2D eigenvalue weighted by Crippen LogP contribution is -2.31. The van der Waals surface area contributed by atoms with Crippen molar-refractivity contribution in [2.45, 2.75) is 12.5 Å². The van der Waals surface area contributed by atoms with Crippen molar-refractivity contribution in [2.75, 3.05) is 33.3 Å². The molecular formula is C13H21ClN2O. The van der Waals surface area contributed by atoms with Crippen molar-refractivity contribution in [3.63, 3.8) is 0 Å². The second-order valence-electron chi connectivity index (χ2n) is 4.24. The van der Waals surface area contributed by atoms with Gasteiger partial charge < -0.3 is 10.1 Å². The Hall–Kier alpha value is -0.770. The number of likely N-dealkylation sites (N-methyl/N-ethyl adjacent to an activating group) is 1. The molecule has 4 heteroatoms. The van der Waals surface area contributed by atoms with Gasteiger partial charge in [-0.2, -0.15) is 0 Å². The van der Waals surface area contributed by atoms with E-state index in [-0.39, 0.29) is 12.4 Å². The fourth-order valence-electron chi connectivity index (χ4n) is 2.08. The summed E-state index contributed by atoms with van der Waals surface area (Å²) in [7, 11) is 2.04. The van der Waals surface area contributed by atoms with E-state index in [0.29, 0.717) is 6.04 Å². The molecule has 3 nitrogen and oxygen atoms in total. The monoisotopic (exact) mass is 256 g/mol. The van der Waals surface area contributed by atoms with Crippen LogP contribution in [-0.4, -0.2) is 44.2 Å². The maximum Gasteiger partial charge on any atom is 0.119 e. The summed E-state index contributed by atoms with van der Waals surface area (Å²) in [6.45, 7) is 4.13. The van der Waals surface area contributed by atoms with Crippen molar-refractivity contribution in [2.24, 2.45) is 0 Å². The second kappa shape index (κ2) is 7.54. The topological polar surface area (TPSA) is 24.5 Å². The lowest BCUT2D eigenvalue weighted by atomic mass is 10.3. The van der Waals surface area contributed by atoms with Gasteiger partial charge in [-0.25, -0.2) is 0 Å². The molecule has 1 atom stereocenters. The number of nitrogens with one attached hydrogen (secondary N) is 1. The number of nitrogens with zero attached hydrogens (tertiary/aromatic N) is 1. The normalized spacial score (nSPS) is 19.9. The average molecular weight is 257 g/mol. The van der Waals surface area contributed by atoms with Gasteiger partial charge in [0.25, 0.3) is 0 Å². The van der Waals surface area contributed by atoms with Gasteiger partial charge in [0.15, 0.2) is 0 Å². The molecule has 0 radical (unpaired) electrons. The fraction of sp³-hybridized carbons (Fsp3) is 0.538. The largest absolute Gasteiger partial charge is 0.492 e. The molecule has 0 aromatic heterocycles. The molecule has 1 fully saturated rings. The van der Waals surface area contributed by atoms with Crippen LogP contribution in [0.2, 0.25) is 0 Å². The van der Waals surface area contributed by atoms with Crippen molar-refractivity contribution in [3.05, 3.63) is 30.3 Å². The molecule has 0 amide bonds. The van der Waals surface area contributed by atoms with E-state index in [9.17, 15) is 0 Å². The van der Waals surface area contributed by atoms with Crippen LogP contribution in [0.3, 0.4) is 0 Å². The molecule has 1 N–H and O–H groups in total. The molecule has 1 saturated heterocycles. The van der Waals surface area contributed by atoms with Gasteiger partial charge in [0.05, 0.1) is 0 Å². The number of para-hydroxylation sites is 1. The first kappa shape index (κ1) is 14.3. The zero-order valence-corrected chi connectivity index (χ0v) is 11.1. The molecule has 2 rings (SSSR count). The van der Waals surface area contributed by atoms with Crippen LogP contribution in [0.1, 0.15) is 6.42 Å². The van der Waals surface area contributed by atoms with Gasteiger partial charge in [0.2, 0.25) is 0 Å². The number of rotatable bonds is 5. The molecule has 1 aliphatic rings.